The second-order valence-electron chi connectivity index (χ2n) is 11.5. The van der Waals surface area contributed by atoms with E-state index in [-0.39, 0.29) is 42.5 Å². The Kier molecular flexibility index (Phi) is 8.72. The van der Waals surface area contributed by atoms with Crippen molar-refractivity contribution in [2.45, 2.75) is 49.2 Å². The van der Waals surface area contributed by atoms with Crippen LogP contribution in [0.4, 0.5) is 10.1 Å². The number of halogens is 1. The molecule has 49 heavy (non-hydrogen) atoms. The number of para-hydroxylation sites is 1. The summed E-state index contributed by atoms with van der Waals surface area (Å²) < 4.78 is 59.8. The maximum atomic E-state index is 14.5. The summed E-state index contributed by atoms with van der Waals surface area (Å²) in [4.78, 5) is 47.4. The summed E-state index contributed by atoms with van der Waals surface area (Å²) in [5.41, 5.74) is 0.131. The summed E-state index contributed by atoms with van der Waals surface area (Å²) in [6.45, 7) is 3.17. The number of hydrogen-bond donors (Lipinski definition) is 0. The average Bonchev–Trinajstić information content (AvgIpc) is 3.60. The molecule has 3 atom stereocenters. The Morgan fingerprint density at radius 2 is 1.63 bits per heavy atom. The molecule has 3 aromatic rings. The number of nitriles is 1. The molecule has 0 aliphatic carbocycles. The number of fused-ring (bicyclic) bond motifs is 1. The van der Waals surface area contributed by atoms with Crippen LogP contribution in [0.2, 0.25) is 0 Å². The molecule has 0 aromatic heterocycles. The van der Waals surface area contributed by atoms with Crippen LogP contribution in [0.25, 0.3) is 0 Å². The maximum absolute atomic E-state index is 14.5. The summed E-state index contributed by atoms with van der Waals surface area (Å²) in [6, 6.07) is 17.4. The summed E-state index contributed by atoms with van der Waals surface area (Å²) in [5, 5.41) is 9.36. The van der Waals surface area contributed by atoms with E-state index in [1.54, 1.807) is 62.4 Å². The van der Waals surface area contributed by atoms with E-state index < -0.39 is 56.9 Å². The third-order valence-electron chi connectivity index (χ3n) is 8.87. The second-order valence-corrected chi connectivity index (χ2v) is 13.3. The Bertz CT molecular complexity index is 2060. The molecular formula is C35H31FN4O8S. The van der Waals surface area contributed by atoms with Crippen molar-refractivity contribution in [3.63, 3.8) is 0 Å². The highest BCUT2D eigenvalue weighted by atomic mass is 32.2. The van der Waals surface area contributed by atoms with Crippen molar-refractivity contribution in [3.05, 3.63) is 107 Å². The van der Waals surface area contributed by atoms with Gasteiger partial charge in [0.1, 0.15) is 17.7 Å². The number of ether oxygens (including phenoxy) is 3. The van der Waals surface area contributed by atoms with Crippen LogP contribution in [0.1, 0.15) is 37.0 Å². The minimum Gasteiger partial charge on any atom is -0.467 e. The molecule has 3 aliphatic heterocycles. The number of aliphatic imine (C=N–C) groups is 1. The van der Waals surface area contributed by atoms with Gasteiger partial charge < -0.3 is 19.1 Å². The van der Waals surface area contributed by atoms with E-state index >= 15 is 0 Å². The van der Waals surface area contributed by atoms with Gasteiger partial charge in [-0.1, -0.05) is 30.3 Å². The number of carbonyl (C=O) groups excluding carboxylic acids is 3. The lowest BCUT2D eigenvalue weighted by atomic mass is 9.69. The van der Waals surface area contributed by atoms with Gasteiger partial charge in [0.2, 0.25) is 0 Å². The van der Waals surface area contributed by atoms with E-state index in [4.69, 9.17) is 14.2 Å². The third-order valence-corrected chi connectivity index (χ3v) is 10.7. The fourth-order valence-corrected chi connectivity index (χ4v) is 8.57. The first-order valence-electron chi connectivity index (χ1n) is 15.4. The zero-order valence-electron chi connectivity index (χ0n) is 26.8. The molecular weight excluding hydrogens is 655 g/mol. The van der Waals surface area contributed by atoms with E-state index in [9.17, 15) is 32.5 Å². The minimum atomic E-state index is -4.67. The summed E-state index contributed by atoms with van der Waals surface area (Å²) in [5.74, 6) is -3.66. The predicted octanol–water partition coefficient (Wildman–Crippen LogP) is 3.75. The van der Waals surface area contributed by atoms with Crippen molar-refractivity contribution in [2.75, 3.05) is 25.2 Å². The largest absolute Gasteiger partial charge is 0.467 e. The van der Waals surface area contributed by atoms with Gasteiger partial charge in [0.05, 0.1) is 53.9 Å². The monoisotopic (exact) mass is 686 g/mol. The molecule has 0 radical (unpaired) electrons. The molecule has 3 heterocycles. The quantitative estimate of drug-likeness (QED) is 0.240. The second kappa shape index (κ2) is 12.8. The standard InChI is InChI=1S/C35H31FN4O8S/c1-4-47-32(42)28-29(33(43)48-5-2)38-34-35(18-27(31(41)46-3)40(34)49(44,45)24-16-14-23(36)15-17-24)25-8-6-7-9-26(25)39(30(28)35)20-22-12-10-21(19-37)11-13-22/h6-17,27,30H,4-5,18,20H2,1-3H3/t27-,30?,35-/m0/s1. The van der Waals surface area contributed by atoms with Crippen LogP contribution >= 0.6 is 0 Å². The van der Waals surface area contributed by atoms with E-state index in [0.29, 0.717) is 16.8 Å². The number of amidine groups is 1. The molecule has 0 bridgehead atoms. The first-order chi connectivity index (χ1) is 23.5. The van der Waals surface area contributed by atoms with Crippen LogP contribution in [0.3, 0.4) is 0 Å². The van der Waals surface area contributed by atoms with Crippen LogP contribution in [-0.2, 0) is 50.6 Å². The molecule has 1 unspecified atom stereocenters. The van der Waals surface area contributed by atoms with Crippen LogP contribution < -0.4 is 4.90 Å². The summed E-state index contributed by atoms with van der Waals surface area (Å²) in [7, 11) is -3.55. The number of esters is 3. The van der Waals surface area contributed by atoms with Gasteiger partial charge >= 0.3 is 17.9 Å². The number of sulfonamides is 1. The Hall–Kier alpha value is -5.55. The van der Waals surface area contributed by atoms with Gasteiger partial charge in [0.15, 0.2) is 5.70 Å². The van der Waals surface area contributed by atoms with Crippen LogP contribution in [0.5, 0.6) is 0 Å². The molecule has 0 N–H and O–H groups in total. The van der Waals surface area contributed by atoms with E-state index in [0.717, 1.165) is 41.2 Å². The Balaban J connectivity index is 1.68. The number of carbonyl (C=O) groups is 3. The normalized spacial score (nSPS) is 20.8. The molecule has 0 amide bonds. The number of nitrogens with zero attached hydrogens (tertiary/aromatic N) is 4. The highest BCUT2D eigenvalue weighted by Crippen LogP contribution is 2.59. The van der Waals surface area contributed by atoms with Crippen LogP contribution in [-0.4, -0.2) is 68.9 Å². The number of anilines is 1. The summed E-state index contributed by atoms with van der Waals surface area (Å²) in [6.07, 6.45) is -0.233. The van der Waals surface area contributed by atoms with E-state index in [2.05, 4.69) is 11.1 Å². The fourth-order valence-electron chi connectivity index (χ4n) is 6.94. The first-order valence-corrected chi connectivity index (χ1v) is 16.9. The van der Waals surface area contributed by atoms with E-state index in [1.807, 2.05) is 4.90 Å². The maximum Gasteiger partial charge on any atom is 0.357 e. The van der Waals surface area contributed by atoms with Gasteiger partial charge in [-0.05, 0) is 73.9 Å². The minimum absolute atomic E-state index is 0.0485. The van der Waals surface area contributed by atoms with Crippen LogP contribution in [0.15, 0.2) is 94.0 Å². The molecule has 0 saturated carbocycles. The van der Waals surface area contributed by atoms with Gasteiger partial charge in [0.25, 0.3) is 10.0 Å². The lowest BCUT2D eigenvalue weighted by molar-refractivity contribution is -0.144. The average molecular weight is 687 g/mol. The molecule has 1 saturated heterocycles. The number of hydrogen-bond acceptors (Lipinski definition) is 11. The Morgan fingerprint density at radius 1 is 0.980 bits per heavy atom. The highest BCUT2D eigenvalue weighted by molar-refractivity contribution is 7.89. The lowest BCUT2D eigenvalue weighted by Crippen LogP contribution is -2.55. The first kappa shape index (κ1) is 33.4. The number of rotatable bonds is 9. The van der Waals surface area contributed by atoms with Crippen LogP contribution in [0, 0.1) is 17.1 Å². The SMILES string of the molecule is CCOC(=O)C1=C(C(=O)OCC)C2N(Cc3ccc(C#N)cc3)c3ccccc3[C@@]23C[C@@H](C(=O)OC)N(S(=O)(=O)c2ccc(F)cc2)C3=N1. The molecule has 1 spiro atoms. The number of benzene rings is 3. The number of methoxy groups -OCH3 is 1. The zero-order valence-corrected chi connectivity index (χ0v) is 27.6. The van der Waals surface area contributed by atoms with Gasteiger partial charge in [-0.15, -0.1) is 0 Å². The van der Waals surface area contributed by atoms with Crippen molar-refractivity contribution in [3.8, 4) is 6.07 Å². The summed E-state index contributed by atoms with van der Waals surface area (Å²) >= 11 is 0. The van der Waals surface area contributed by atoms with Gasteiger partial charge in [-0.3, -0.25) is 0 Å². The topological polar surface area (TPSA) is 156 Å². The van der Waals surface area contributed by atoms with Crippen molar-refractivity contribution >= 4 is 39.5 Å². The molecule has 14 heteroatoms. The third kappa shape index (κ3) is 5.30. The molecule has 6 rings (SSSR count). The smallest absolute Gasteiger partial charge is 0.357 e. The van der Waals surface area contributed by atoms with Gasteiger partial charge in [-0.25, -0.2) is 36.5 Å². The van der Waals surface area contributed by atoms with Crippen molar-refractivity contribution in [2.24, 2.45) is 4.99 Å². The zero-order chi connectivity index (χ0) is 35.1. The Morgan fingerprint density at radius 3 is 2.27 bits per heavy atom. The van der Waals surface area contributed by atoms with Crippen molar-refractivity contribution < 1.29 is 41.4 Å². The molecule has 3 aliphatic rings. The van der Waals surface area contributed by atoms with Gasteiger partial charge in [-0.2, -0.15) is 5.26 Å². The lowest BCUT2D eigenvalue weighted by Gasteiger charge is -2.40. The van der Waals surface area contributed by atoms with Crippen molar-refractivity contribution in [1.82, 2.24) is 4.31 Å². The molecule has 3 aromatic carbocycles. The molecule has 1 fully saturated rings. The highest BCUT2D eigenvalue weighted by Gasteiger charge is 2.68. The van der Waals surface area contributed by atoms with E-state index in [1.165, 1.54) is 0 Å². The van der Waals surface area contributed by atoms with Gasteiger partial charge in [0, 0.05) is 12.2 Å². The molecule has 12 nitrogen and oxygen atoms in total. The van der Waals surface area contributed by atoms with Crippen molar-refractivity contribution in [1.29, 1.82) is 5.26 Å². The molecule has 252 valence electrons. The fraction of sp³-hybridized carbons (Fsp3) is 0.286. The Labute approximate surface area is 282 Å². The predicted molar refractivity (Wildman–Crippen MR) is 173 cm³/mol.